The number of hydrogen-bond acceptors (Lipinski definition) is 1. The zero-order valence-electron chi connectivity index (χ0n) is 13.1. The monoisotopic (exact) mass is 345 g/mol. The summed E-state index contributed by atoms with van der Waals surface area (Å²) in [6.07, 6.45) is 2.12. The molecule has 0 aliphatic heterocycles. The van der Waals surface area contributed by atoms with Crippen molar-refractivity contribution in [1.29, 1.82) is 0 Å². The third-order valence-corrected chi connectivity index (χ3v) is 4.43. The normalized spacial score (nSPS) is 12.4. The van der Waals surface area contributed by atoms with Crippen LogP contribution >= 0.6 is 15.9 Å². The zero-order valence-corrected chi connectivity index (χ0v) is 14.7. The highest BCUT2D eigenvalue weighted by atomic mass is 79.9. The van der Waals surface area contributed by atoms with Crippen LogP contribution in [-0.4, -0.2) is 6.54 Å². The second-order valence-electron chi connectivity index (χ2n) is 5.49. The van der Waals surface area contributed by atoms with Crippen LogP contribution in [0.3, 0.4) is 0 Å². The van der Waals surface area contributed by atoms with Crippen LogP contribution in [0.4, 0.5) is 0 Å². The van der Waals surface area contributed by atoms with Crippen molar-refractivity contribution in [3.63, 3.8) is 0 Å². The van der Waals surface area contributed by atoms with E-state index in [1.165, 1.54) is 22.3 Å². The fourth-order valence-corrected chi connectivity index (χ4v) is 3.05. The summed E-state index contributed by atoms with van der Waals surface area (Å²) in [7, 11) is 0. The van der Waals surface area contributed by atoms with Crippen LogP contribution < -0.4 is 5.32 Å². The number of benzene rings is 2. The van der Waals surface area contributed by atoms with Crippen LogP contribution in [0.25, 0.3) is 0 Å². The Bertz CT molecular complexity index is 575. The van der Waals surface area contributed by atoms with Gasteiger partial charge in [0, 0.05) is 10.5 Å². The minimum Gasteiger partial charge on any atom is -0.310 e. The SMILES string of the molecule is CCNC(Cc1ccc(CC)cc1)c1cc(Br)ccc1C. The van der Waals surface area contributed by atoms with E-state index in [9.17, 15) is 0 Å². The molecule has 1 nitrogen and oxygen atoms in total. The Morgan fingerprint density at radius 1 is 1.00 bits per heavy atom. The van der Waals surface area contributed by atoms with Gasteiger partial charge in [0.15, 0.2) is 0 Å². The Morgan fingerprint density at radius 3 is 2.29 bits per heavy atom. The van der Waals surface area contributed by atoms with E-state index in [-0.39, 0.29) is 0 Å². The summed E-state index contributed by atoms with van der Waals surface area (Å²) >= 11 is 3.59. The van der Waals surface area contributed by atoms with Crippen molar-refractivity contribution < 1.29 is 0 Å². The molecular weight excluding hydrogens is 322 g/mol. The molecule has 0 bridgehead atoms. The van der Waals surface area contributed by atoms with Gasteiger partial charge < -0.3 is 5.32 Å². The molecule has 0 aliphatic carbocycles. The first-order valence-corrected chi connectivity index (χ1v) is 8.50. The van der Waals surface area contributed by atoms with Gasteiger partial charge in [-0.2, -0.15) is 0 Å². The Labute approximate surface area is 136 Å². The van der Waals surface area contributed by atoms with Crippen molar-refractivity contribution in [2.45, 2.75) is 39.7 Å². The Hall–Kier alpha value is -1.12. The number of aryl methyl sites for hydroxylation is 2. The molecule has 2 rings (SSSR count). The lowest BCUT2D eigenvalue weighted by molar-refractivity contribution is 0.547. The quantitative estimate of drug-likeness (QED) is 0.757. The number of hydrogen-bond donors (Lipinski definition) is 1. The summed E-state index contributed by atoms with van der Waals surface area (Å²) in [5.41, 5.74) is 5.51. The number of halogens is 1. The maximum atomic E-state index is 3.62. The van der Waals surface area contributed by atoms with Gasteiger partial charge in [-0.25, -0.2) is 0 Å². The van der Waals surface area contributed by atoms with Crippen LogP contribution in [0.1, 0.15) is 42.1 Å². The first kappa shape index (κ1) is 16.3. The molecule has 0 saturated carbocycles. The van der Waals surface area contributed by atoms with Crippen molar-refractivity contribution in [2.75, 3.05) is 6.54 Å². The molecule has 0 spiro atoms. The summed E-state index contributed by atoms with van der Waals surface area (Å²) < 4.78 is 1.15. The summed E-state index contributed by atoms with van der Waals surface area (Å²) in [4.78, 5) is 0. The number of likely N-dealkylation sites (N-methyl/N-ethyl adjacent to an activating group) is 1. The maximum absolute atomic E-state index is 3.62. The minimum absolute atomic E-state index is 0.361. The van der Waals surface area contributed by atoms with Crippen LogP contribution in [0.2, 0.25) is 0 Å². The smallest absolute Gasteiger partial charge is 0.0363 e. The summed E-state index contributed by atoms with van der Waals surface area (Å²) in [6.45, 7) is 7.53. The number of rotatable bonds is 6. The second-order valence-corrected chi connectivity index (χ2v) is 6.40. The predicted octanol–water partition coefficient (Wildman–Crippen LogP) is 5.21. The fourth-order valence-electron chi connectivity index (χ4n) is 2.67. The lowest BCUT2D eigenvalue weighted by Crippen LogP contribution is -2.23. The van der Waals surface area contributed by atoms with Crippen LogP contribution in [-0.2, 0) is 12.8 Å². The molecule has 112 valence electrons. The van der Waals surface area contributed by atoms with Crippen LogP contribution in [0, 0.1) is 6.92 Å². The molecule has 2 aromatic carbocycles. The van der Waals surface area contributed by atoms with Crippen molar-refractivity contribution in [1.82, 2.24) is 5.32 Å². The Kier molecular flexibility index (Phi) is 6.01. The highest BCUT2D eigenvalue weighted by Crippen LogP contribution is 2.25. The molecule has 21 heavy (non-hydrogen) atoms. The molecule has 0 radical (unpaired) electrons. The molecule has 1 atom stereocenters. The minimum atomic E-state index is 0.361. The molecule has 1 N–H and O–H groups in total. The first-order chi connectivity index (χ1) is 10.1. The molecule has 0 heterocycles. The highest BCUT2D eigenvalue weighted by Gasteiger charge is 2.14. The van der Waals surface area contributed by atoms with E-state index in [4.69, 9.17) is 0 Å². The topological polar surface area (TPSA) is 12.0 Å². The van der Waals surface area contributed by atoms with Crippen LogP contribution in [0.15, 0.2) is 46.9 Å². The van der Waals surface area contributed by atoms with Crippen molar-refractivity contribution >= 4 is 15.9 Å². The summed E-state index contributed by atoms with van der Waals surface area (Å²) in [5, 5.41) is 3.62. The average molecular weight is 346 g/mol. The van der Waals surface area contributed by atoms with Gasteiger partial charge in [0.05, 0.1) is 0 Å². The van der Waals surface area contributed by atoms with E-state index < -0.39 is 0 Å². The molecule has 0 aliphatic rings. The molecule has 0 fully saturated rings. The third kappa shape index (κ3) is 4.42. The molecule has 1 unspecified atom stereocenters. The molecule has 0 amide bonds. The van der Waals surface area contributed by atoms with Gasteiger partial charge in [0.25, 0.3) is 0 Å². The van der Waals surface area contributed by atoms with E-state index in [1.807, 2.05) is 0 Å². The average Bonchev–Trinajstić information content (AvgIpc) is 2.50. The molecule has 0 aromatic heterocycles. The van der Waals surface area contributed by atoms with Gasteiger partial charge >= 0.3 is 0 Å². The lowest BCUT2D eigenvalue weighted by Gasteiger charge is -2.21. The van der Waals surface area contributed by atoms with Gasteiger partial charge in [0.1, 0.15) is 0 Å². The van der Waals surface area contributed by atoms with E-state index in [2.05, 4.69) is 84.5 Å². The number of nitrogens with one attached hydrogen (secondary N) is 1. The fraction of sp³-hybridized carbons (Fsp3) is 0.368. The van der Waals surface area contributed by atoms with Gasteiger partial charge in [-0.1, -0.05) is 60.1 Å². The summed E-state index contributed by atoms with van der Waals surface area (Å²) in [5.74, 6) is 0. The van der Waals surface area contributed by atoms with E-state index in [1.54, 1.807) is 0 Å². The van der Waals surface area contributed by atoms with Crippen molar-refractivity contribution in [3.05, 3.63) is 69.2 Å². The zero-order chi connectivity index (χ0) is 15.2. The molecule has 2 heteroatoms. The third-order valence-electron chi connectivity index (χ3n) is 3.94. The first-order valence-electron chi connectivity index (χ1n) is 7.71. The lowest BCUT2D eigenvalue weighted by atomic mass is 9.95. The predicted molar refractivity (Wildman–Crippen MR) is 94.8 cm³/mol. The van der Waals surface area contributed by atoms with Gasteiger partial charge in [-0.05, 0) is 60.7 Å². The largest absolute Gasteiger partial charge is 0.310 e. The Balaban J connectivity index is 2.23. The van der Waals surface area contributed by atoms with E-state index in [0.29, 0.717) is 6.04 Å². The highest BCUT2D eigenvalue weighted by molar-refractivity contribution is 9.10. The molecule has 0 saturated heterocycles. The van der Waals surface area contributed by atoms with Crippen molar-refractivity contribution in [3.8, 4) is 0 Å². The van der Waals surface area contributed by atoms with E-state index in [0.717, 1.165) is 23.9 Å². The van der Waals surface area contributed by atoms with Gasteiger partial charge in [-0.3, -0.25) is 0 Å². The summed E-state index contributed by atoms with van der Waals surface area (Å²) in [6, 6.07) is 15.9. The maximum Gasteiger partial charge on any atom is 0.0363 e. The van der Waals surface area contributed by atoms with Gasteiger partial charge in [0.2, 0.25) is 0 Å². The molecular formula is C19H24BrN. The molecule has 2 aromatic rings. The van der Waals surface area contributed by atoms with E-state index >= 15 is 0 Å². The van der Waals surface area contributed by atoms with Gasteiger partial charge in [-0.15, -0.1) is 0 Å². The standard InChI is InChI=1S/C19H24BrN/c1-4-15-7-9-16(10-8-15)12-19(21-5-2)18-13-17(20)11-6-14(18)3/h6-11,13,19,21H,4-5,12H2,1-3H3. The Morgan fingerprint density at radius 2 is 1.67 bits per heavy atom. The second kappa shape index (κ2) is 7.77. The van der Waals surface area contributed by atoms with Crippen molar-refractivity contribution in [2.24, 2.45) is 0 Å². The van der Waals surface area contributed by atoms with Crippen LogP contribution in [0.5, 0.6) is 0 Å².